The van der Waals surface area contributed by atoms with Crippen LogP contribution >= 0.6 is 0 Å². The molecule has 0 saturated heterocycles. The number of benzene rings is 1. The number of hydrogen-bond acceptors (Lipinski definition) is 5. The van der Waals surface area contributed by atoms with Crippen LogP contribution < -0.4 is 5.56 Å². The van der Waals surface area contributed by atoms with Crippen molar-refractivity contribution in [3.8, 4) is 0 Å². The van der Waals surface area contributed by atoms with Crippen LogP contribution in [0.15, 0.2) is 29.1 Å². The highest BCUT2D eigenvalue weighted by Gasteiger charge is 2.20. The van der Waals surface area contributed by atoms with Crippen LogP contribution in [0.1, 0.15) is 24.2 Å². The molecule has 0 saturated carbocycles. The van der Waals surface area contributed by atoms with E-state index in [1.54, 1.807) is 19.1 Å². The van der Waals surface area contributed by atoms with Crippen LogP contribution in [-0.2, 0) is 21.3 Å². The first-order chi connectivity index (χ1) is 11.6. The summed E-state index contributed by atoms with van der Waals surface area (Å²) in [5, 5.41) is 1.48. The lowest BCUT2D eigenvalue weighted by molar-refractivity contribution is 0.238. The molecule has 0 amide bonds. The predicted octanol–water partition coefficient (Wildman–Crippen LogP) is 2.57. The van der Waals surface area contributed by atoms with Crippen molar-refractivity contribution in [3.05, 3.63) is 51.7 Å². The van der Waals surface area contributed by atoms with Crippen molar-refractivity contribution in [1.82, 2.24) is 9.55 Å². The predicted molar refractivity (Wildman–Crippen MR) is 93.5 cm³/mol. The Morgan fingerprint density at radius 1 is 1.24 bits per heavy atom. The van der Waals surface area contributed by atoms with Crippen LogP contribution in [0.5, 0.6) is 0 Å². The van der Waals surface area contributed by atoms with Crippen molar-refractivity contribution >= 4 is 31.9 Å². The molecule has 25 heavy (non-hydrogen) atoms. The molecule has 8 heteroatoms. The van der Waals surface area contributed by atoms with Gasteiger partial charge in [0.05, 0.1) is 12.4 Å². The van der Waals surface area contributed by atoms with Gasteiger partial charge < -0.3 is 0 Å². The minimum atomic E-state index is -3.69. The van der Waals surface area contributed by atoms with E-state index in [1.807, 2.05) is 6.92 Å². The molecule has 3 aromatic rings. The minimum Gasteiger partial charge on any atom is -0.295 e. The van der Waals surface area contributed by atoms with Gasteiger partial charge in [0.2, 0.25) is 5.95 Å². The van der Waals surface area contributed by atoms with Crippen LogP contribution in [0, 0.1) is 12.9 Å². The topological polar surface area (TPSA) is 78.3 Å². The zero-order valence-corrected chi connectivity index (χ0v) is 15.0. The van der Waals surface area contributed by atoms with Gasteiger partial charge >= 0.3 is 0 Å². The van der Waals surface area contributed by atoms with Gasteiger partial charge in [-0.05, 0) is 43.2 Å². The third kappa shape index (κ3) is 3.14. The van der Waals surface area contributed by atoms with Crippen molar-refractivity contribution in [2.24, 2.45) is 7.05 Å². The Bertz CT molecular complexity index is 1170. The Balaban J connectivity index is 2.50. The van der Waals surface area contributed by atoms with Gasteiger partial charge in [0.1, 0.15) is 5.65 Å². The summed E-state index contributed by atoms with van der Waals surface area (Å²) in [4.78, 5) is 16.5. The van der Waals surface area contributed by atoms with Crippen molar-refractivity contribution in [2.75, 3.05) is 6.26 Å². The second-order valence-corrected chi connectivity index (χ2v) is 7.69. The molecule has 0 aliphatic carbocycles. The van der Waals surface area contributed by atoms with Crippen LogP contribution in [0.25, 0.3) is 21.8 Å². The highest BCUT2D eigenvalue weighted by atomic mass is 32.2. The summed E-state index contributed by atoms with van der Waals surface area (Å²) in [6.45, 7) is 3.40. The van der Waals surface area contributed by atoms with Gasteiger partial charge in [-0.1, -0.05) is 6.07 Å². The Hall–Kier alpha value is -2.32. The van der Waals surface area contributed by atoms with Crippen molar-refractivity contribution in [2.45, 2.75) is 20.0 Å². The summed E-state index contributed by atoms with van der Waals surface area (Å²) >= 11 is 0. The van der Waals surface area contributed by atoms with Crippen LogP contribution in [0.4, 0.5) is 4.39 Å². The van der Waals surface area contributed by atoms with E-state index in [0.717, 1.165) is 11.8 Å². The SMILES string of the molecule is Cc1cc(C(C)OS(C)(=O)=O)c2c(c1)c(=O)n(C)c1nc(F)ccc21. The Labute approximate surface area is 144 Å². The lowest BCUT2D eigenvalue weighted by Gasteiger charge is -2.17. The molecule has 0 bridgehead atoms. The molecule has 0 spiro atoms. The average molecular weight is 364 g/mol. The molecule has 0 aliphatic heterocycles. The highest BCUT2D eigenvalue weighted by molar-refractivity contribution is 7.86. The molecule has 0 radical (unpaired) electrons. The fraction of sp³-hybridized carbons (Fsp3) is 0.294. The largest absolute Gasteiger partial charge is 0.295 e. The molecule has 3 rings (SSSR count). The summed E-state index contributed by atoms with van der Waals surface area (Å²) in [6.07, 6.45) is 0.160. The number of hydrogen-bond donors (Lipinski definition) is 0. The van der Waals surface area contributed by atoms with Gasteiger partial charge in [-0.15, -0.1) is 0 Å². The molecule has 6 nitrogen and oxygen atoms in total. The van der Waals surface area contributed by atoms with Crippen molar-refractivity contribution in [1.29, 1.82) is 0 Å². The third-order valence-electron chi connectivity index (χ3n) is 4.03. The zero-order valence-electron chi connectivity index (χ0n) is 14.2. The van der Waals surface area contributed by atoms with Gasteiger partial charge in [-0.2, -0.15) is 12.8 Å². The van der Waals surface area contributed by atoms with Gasteiger partial charge in [0.15, 0.2) is 0 Å². The summed E-state index contributed by atoms with van der Waals surface area (Å²) in [5.41, 5.74) is 1.18. The van der Waals surface area contributed by atoms with E-state index in [9.17, 15) is 17.6 Å². The fourth-order valence-corrected chi connectivity index (χ4v) is 3.70. The summed E-state index contributed by atoms with van der Waals surface area (Å²) in [5.74, 6) is -0.698. The first-order valence-electron chi connectivity index (χ1n) is 7.56. The molecule has 1 unspecified atom stereocenters. The van der Waals surface area contributed by atoms with E-state index >= 15 is 0 Å². The van der Waals surface area contributed by atoms with Crippen molar-refractivity contribution in [3.63, 3.8) is 0 Å². The normalized spacial score (nSPS) is 13.5. The molecule has 0 aliphatic rings. The monoisotopic (exact) mass is 364 g/mol. The lowest BCUT2D eigenvalue weighted by Crippen LogP contribution is -2.20. The Kier molecular flexibility index (Phi) is 4.12. The van der Waals surface area contributed by atoms with E-state index in [2.05, 4.69) is 4.98 Å². The van der Waals surface area contributed by atoms with Gasteiger partial charge in [-0.25, -0.2) is 4.98 Å². The standard InChI is InChI=1S/C17H17FN2O4S/c1-9-7-12(10(2)24-25(4,22)23)15-11-5-6-14(18)19-16(11)20(3)17(21)13(15)8-9/h5-8,10H,1-4H3. The number of fused-ring (bicyclic) bond motifs is 3. The second kappa shape index (κ2) is 5.89. The third-order valence-corrected chi connectivity index (χ3v) is 4.67. The maximum Gasteiger partial charge on any atom is 0.264 e. The number of aryl methyl sites for hydroxylation is 2. The second-order valence-electron chi connectivity index (χ2n) is 6.09. The van der Waals surface area contributed by atoms with E-state index in [1.165, 1.54) is 23.7 Å². The fourth-order valence-electron chi connectivity index (χ4n) is 3.07. The van der Waals surface area contributed by atoms with E-state index in [4.69, 9.17) is 4.18 Å². The zero-order chi connectivity index (χ0) is 18.5. The maximum absolute atomic E-state index is 13.6. The van der Waals surface area contributed by atoms with Crippen molar-refractivity contribution < 1.29 is 17.0 Å². The molecule has 2 heterocycles. The van der Waals surface area contributed by atoms with E-state index < -0.39 is 22.2 Å². The molecular weight excluding hydrogens is 347 g/mol. The Morgan fingerprint density at radius 2 is 1.92 bits per heavy atom. The average Bonchev–Trinajstić information content (AvgIpc) is 2.50. The van der Waals surface area contributed by atoms with Crippen LogP contribution in [0.2, 0.25) is 0 Å². The number of pyridine rings is 2. The Morgan fingerprint density at radius 3 is 2.56 bits per heavy atom. The number of nitrogens with zero attached hydrogens (tertiary/aromatic N) is 2. The van der Waals surface area contributed by atoms with Gasteiger partial charge in [-0.3, -0.25) is 13.5 Å². The molecule has 1 aromatic carbocycles. The molecule has 0 fully saturated rings. The van der Waals surface area contributed by atoms with Crippen LogP contribution in [-0.4, -0.2) is 24.2 Å². The quantitative estimate of drug-likeness (QED) is 0.405. The number of halogens is 1. The minimum absolute atomic E-state index is 0.189. The first-order valence-corrected chi connectivity index (χ1v) is 9.38. The van der Waals surface area contributed by atoms with Crippen LogP contribution in [0.3, 0.4) is 0 Å². The van der Waals surface area contributed by atoms with Gasteiger partial charge in [0, 0.05) is 23.2 Å². The molecular formula is C17H17FN2O4S. The highest BCUT2D eigenvalue weighted by Crippen LogP contribution is 2.32. The molecule has 1 atom stereocenters. The summed E-state index contributed by atoms with van der Waals surface area (Å²) in [6, 6.07) is 6.22. The molecule has 2 aromatic heterocycles. The smallest absolute Gasteiger partial charge is 0.264 e. The maximum atomic E-state index is 13.6. The summed E-state index contributed by atoms with van der Waals surface area (Å²) < 4.78 is 43.0. The lowest BCUT2D eigenvalue weighted by atomic mass is 9.96. The molecule has 132 valence electrons. The molecule has 0 N–H and O–H groups in total. The van der Waals surface area contributed by atoms with E-state index in [0.29, 0.717) is 21.7 Å². The van der Waals surface area contributed by atoms with E-state index in [-0.39, 0.29) is 11.2 Å². The number of aromatic nitrogens is 2. The van der Waals surface area contributed by atoms with Gasteiger partial charge in [0.25, 0.3) is 15.7 Å². The summed E-state index contributed by atoms with van der Waals surface area (Å²) in [7, 11) is -2.17. The number of rotatable bonds is 3. The first kappa shape index (κ1) is 17.5.